The van der Waals surface area contributed by atoms with E-state index in [0.29, 0.717) is 34.0 Å². The molecule has 29 heavy (non-hydrogen) atoms. The van der Waals surface area contributed by atoms with Gasteiger partial charge in [0, 0.05) is 5.56 Å². The molecule has 0 spiro atoms. The Morgan fingerprint density at radius 1 is 0.931 bits per heavy atom. The first-order chi connectivity index (χ1) is 13.9. The molecule has 0 saturated carbocycles. The molecular weight excluding hydrogens is 407 g/mol. The smallest absolute Gasteiger partial charge is 0.161 e. The zero-order chi connectivity index (χ0) is 20.5. The summed E-state index contributed by atoms with van der Waals surface area (Å²) in [6.07, 6.45) is 0. The number of halogens is 2. The maximum Gasteiger partial charge on any atom is 0.161 e. The van der Waals surface area contributed by atoms with E-state index in [0.717, 1.165) is 22.2 Å². The van der Waals surface area contributed by atoms with Crippen LogP contribution in [0.2, 0.25) is 10.0 Å². The zero-order valence-corrected chi connectivity index (χ0v) is 17.9. The van der Waals surface area contributed by atoms with Crippen molar-refractivity contribution in [3.05, 3.63) is 75.3 Å². The van der Waals surface area contributed by atoms with Crippen molar-refractivity contribution in [2.45, 2.75) is 20.5 Å². The molecular formula is C23H20Cl2N2O2. The fourth-order valence-electron chi connectivity index (χ4n) is 3.19. The molecule has 0 unspecified atom stereocenters. The third-order valence-corrected chi connectivity index (χ3v) is 5.57. The number of hydrogen-bond acceptors (Lipinski definition) is 3. The van der Waals surface area contributed by atoms with E-state index in [1.165, 1.54) is 11.1 Å². The maximum absolute atomic E-state index is 6.10. The van der Waals surface area contributed by atoms with Crippen LogP contribution in [0.1, 0.15) is 16.7 Å². The SMILES string of the molecule is COc1cc(-c2nc3cc(Cl)c(Cl)cc3[nH]2)ccc1OCc1cc(C)ccc1C. The fraction of sp³-hybridized carbons (Fsp3) is 0.174. The summed E-state index contributed by atoms with van der Waals surface area (Å²) in [5.74, 6) is 2.03. The number of nitrogens with one attached hydrogen (secondary N) is 1. The summed E-state index contributed by atoms with van der Waals surface area (Å²) < 4.78 is 11.6. The first-order valence-corrected chi connectivity index (χ1v) is 9.92. The Hall–Kier alpha value is -2.69. The average Bonchev–Trinajstić information content (AvgIpc) is 3.11. The van der Waals surface area contributed by atoms with Gasteiger partial charge in [0.1, 0.15) is 12.4 Å². The number of H-pyrrole nitrogens is 1. The molecule has 0 aliphatic carbocycles. The van der Waals surface area contributed by atoms with Crippen molar-refractivity contribution in [3.63, 3.8) is 0 Å². The van der Waals surface area contributed by atoms with Gasteiger partial charge in [-0.05, 0) is 55.3 Å². The van der Waals surface area contributed by atoms with E-state index < -0.39 is 0 Å². The molecule has 1 heterocycles. The van der Waals surface area contributed by atoms with Gasteiger partial charge >= 0.3 is 0 Å². The van der Waals surface area contributed by atoms with Gasteiger partial charge in [-0.25, -0.2) is 4.98 Å². The topological polar surface area (TPSA) is 47.1 Å². The minimum absolute atomic E-state index is 0.477. The lowest BCUT2D eigenvalue weighted by atomic mass is 10.1. The number of ether oxygens (including phenoxy) is 2. The van der Waals surface area contributed by atoms with Crippen LogP contribution in [0.3, 0.4) is 0 Å². The molecule has 3 aromatic carbocycles. The average molecular weight is 427 g/mol. The molecule has 148 valence electrons. The molecule has 1 N–H and O–H groups in total. The Labute approximate surface area is 179 Å². The van der Waals surface area contributed by atoms with Crippen molar-refractivity contribution in [3.8, 4) is 22.9 Å². The maximum atomic E-state index is 6.10. The number of imidazole rings is 1. The zero-order valence-electron chi connectivity index (χ0n) is 16.3. The lowest BCUT2D eigenvalue weighted by molar-refractivity contribution is 0.284. The van der Waals surface area contributed by atoms with E-state index in [1.54, 1.807) is 19.2 Å². The van der Waals surface area contributed by atoms with Crippen LogP contribution in [-0.2, 0) is 6.61 Å². The lowest BCUT2D eigenvalue weighted by Crippen LogP contribution is -2.00. The van der Waals surface area contributed by atoms with Gasteiger partial charge in [-0.15, -0.1) is 0 Å². The van der Waals surface area contributed by atoms with E-state index in [9.17, 15) is 0 Å². The van der Waals surface area contributed by atoms with Gasteiger partial charge in [-0.1, -0.05) is 47.0 Å². The molecule has 4 nitrogen and oxygen atoms in total. The summed E-state index contributed by atoms with van der Waals surface area (Å²) in [5, 5.41) is 0.965. The Morgan fingerprint density at radius 2 is 1.72 bits per heavy atom. The summed E-state index contributed by atoms with van der Waals surface area (Å²) in [7, 11) is 1.63. The lowest BCUT2D eigenvalue weighted by Gasteiger charge is -2.13. The molecule has 0 aliphatic rings. The van der Waals surface area contributed by atoms with Crippen molar-refractivity contribution in [2.75, 3.05) is 7.11 Å². The second kappa shape index (κ2) is 7.97. The summed E-state index contributed by atoms with van der Waals surface area (Å²) in [6, 6.07) is 15.6. The van der Waals surface area contributed by atoms with E-state index >= 15 is 0 Å². The number of aromatic nitrogens is 2. The monoisotopic (exact) mass is 426 g/mol. The van der Waals surface area contributed by atoms with Crippen molar-refractivity contribution in [1.29, 1.82) is 0 Å². The normalized spacial score (nSPS) is 11.1. The summed E-state index contributed by atoms with van der Waals surface area (Å²) in [5.41, 5.74) is 6.02. The van der Waals surface area contributed by atoms with Gasteiger partial charge < -0.3 is 14.5 Å². The van der Waals surface area contributed by atoms with Crippen LogP contribution in [0.5, 0.6) is 11.5 Å². The highest BCUT2D eigenvalue weighted by molar-refractivity contribution is 6.42. The number of nitrogens with zero attached hydrogens (tertiary/aromatic N) is 1. The first-order valence-electron chi connectivity index (χ1n) is 9.16. The summed E-state index contributed by atoms with van der Waals surface area (Å²) >= 11 is 12.2. The standard InChI is InChI=1S/C23H20Cl2N2O2/c1-13-4-5-14(2)16(8-13)12-29-21-7-6-15(9-22(21)28-3)23-26-19-10-17(24)18(25)11-20(19)27-23/h4-11H,12H2,1-3H3,(H,26,27). The van der Waals surface area contributed by atoms with Crippen molar-refractivity contribution in [2.24, 2.45) is 0 Å². The number of aromatic amines is 1. The molecule has 0 amide bonds. The molecule has 0 radical (unpaired) electrons. The van der Waals surface area contributed by atoms with E-state index in [1.807, 2.05) is 18.2 Å². The minimum atomic E-state index is 0.477. The number of benzene rings is 3. The van der Waals surface area contributed by atoms with Gasteiger partial charge in [0.15, 0.2) is 11.5 Å². The van der Waals surface area contributed by atoms with Crippen molar-refractivity contribution >= 4 is 34.2 Å². The van der Waals surface area contributed by atoms with Gasteiger partial charge in [0.25, 0.3) is 0 Å². The third-order valence-electron chi connectivity index (χ3n) is 4.85. The van der Waals surface area contributed by atoms with Gasteiger partial charge in [-0.3, -0.25) is 0 Å². The van der Waals surface area contributed by atoms with Crippen LogP contribution in [-0.4, -0.2) is 17.1 Å². The van der Waals surface area contributed by atoms with E-state index in [4.69, 9.17) is 32.7 Å². The second-order valence-corrected chi connectivity index (χ2v) is 7.77. The Bertz CT molecular complexity index is 1160. The van der Waals surface area contributed by atoms with Crippen LogP contribution in [0.15, 0.2) is 48.5 Å². The number of aryl methyl sites for hydroxylation is 2. The first kappa shape index (κ1) is 19.6. The van der Waals surface area contributed by atoms with E-state index in [-0.39, 0.29) is 0 Å². The van der Waals surface area contributed by atoms with Crippen LogP contribution < -0.4 is 9.47 Å². The number of methoxy groups -OCH3 is 1. The number of rotatable bonds is 5. The minimum Gasteiger partial charge on any atom is -0.493 e. The van der Waals surface area contributed by atoms with Crippen LogP contribution >= 0.6 is 23.2 Å². The predicted octanol–water partition coefficient (Wildman–Crippen LogP) is 6.74. The molecule has 0 fully saturated rings. The Kier molecular flexibility index (Phi) is 5.39. The highest BCUT2D eigenvalue weighted by atomic mass is 35.5. The van der Waals surface area contributed by atoms with Crippen LogP contribution in [0.25, 0.3) is 22.4 Å². The molecule has 4 aromatic rings. The summed E-state index contributed by atoms with van der Waals surface area (Å²) in [4.78, 5) is 7.88. The molecule has 1 aromatic heterocycles. The highest BCUT2D eigenvalue weighted by Crippen LogP contribution is 2.34. The Morgan fingerprint density at radius 3 is 2.52 bits per heavy atom. The van der Waals surface area contributed by atoms with Crippen LogP contribution in [0, 0.1) is 13.8 Å². The van der Waals surface area contributed by atoms with Crippen molar-refractivity contribution in [1.82, 2.24) is 9.97 Å². The van der Waals surface area contributed by atoms with E-state index in [2.05, 4.69) is 42.0 Å². The molecule has 0 bridgehead atoms. The molecule has 0 aliphatic heterocycles. The number of hydrogen-bond donors (Lipinski definition) is 1. The van der Waals surface area contributed by atoms with Gasteiger partial charge in [0.05, 0.1) is 28.2 Å². The Balaban J connectivity index is 1.62. The van der Waals surface area contributed by atoms with Crippen molar-refractivity contribution < 1.29 is 9.47 Å². The fourth-order valence-corrected chi connectivity index (χ4v) is 3.51. The largest absolute Gasteiger partial charge is 0.493 e. The van der Waals surface area contributed by atoms with Gasteiger partial charge in [0.2, 0.25) is 0 Å². The van der Waals surface area contributed by atoms with Gasteiger partial charge in [-0.2, -0.15) is 0 Å². The molecule has 0 atom stereocenters. The quantitative estimate of drug-likeness (QED) is 0.384. The molecule has 0 saturated heterocycles. The molecule has 6 heteroatoms. The summed E-state index contributed by atoms with van der Waals surface area (Å²) in [6.45, 7) is 4.63. The highest BCUT2D eigenvalue weighted by Gasteiger charge is 2.12. The molecule has 4 rings (SSSR count). The third kappa shape index (κ3) is 4.04. The number of fused-ring (bicyclic) bond motifs is 1. The second-order valence-electron chi connectivity index (χ2n) is 6.95. The van der Waals surface area contributed by atoms with Crippen LogP contribution in [0.4, 0.5) is 0 Å². The predicted molar refractivity (Wildman–Crippen MR) is 118 cm³/mol.